The van der Waals surface area contributed by atoms with E-state index < -0.39 is 0 Å². The second-order valence-corrected chi connectivity index (χ2v) is 4.17. The van der Waals surface area contributed by atoms with E-state index in [0.29, 0.717) is 5.69 Å². The Kier molecular flexibility index (Phi) is 4.30. The van der Waals surface area contributed by atoms with E-state index in [-0.39, 0.29) is 24.3 Å². The summed E-state index contributed by atoms with van der Waals surface area (Å²) in [5.74, 6) is 0.252. The van der Waals surface area contributed by atoms with E-state index in [2.05, 4.69) is 10.6 Å². The van der Waals surface area contributed by atoms with Gasteiger partial charge >= 0.3 is 0 Å². The number of benzene rings is 1. The van der Waals surface area contributed by atoms with Gasteiger partial charge in [0.15, 0.2) is 0 Å². The molecular weight excluding hydrogens is 247 g/mol. The van der Waals surface area contributed by atoms with Crippen molar-refractivity contribution in [3.63, 3.8) is 0 Å². The molecular formula is C14H15FN2O2. The molecule has 0 aliphatic carbocycles. The lowest BCUT2D eigenvalue weighted by Crippen LogP contribution is -2.29. The third-order valence-corrected chi connectivity index (χ3v) is 2.67. The largest absolute Gasteiger partial charge is 0.468 e. The van der Waals surface area contributed by atoms with Crippen molar-refractivity contribution in [1.82, 2.24) is 5.32 Å². The molecule has 1 atom stereocenters. The second kappa shape index (κ2) is 6.15. The number of anilines is 1. The molecule has 19 heavy (non-hydrogen) atoms. The Labute approximate surface area is 110 Å². The van der Waals surface area contributed by atoms with Crippen LogP contribution in [0.3, 0.4) is 0 Å². The fraction of sp³-hybridized carbons (Fsp3) is 0.214. The Balaban J connectivity index is 1.80. The zero-order chi connectivity index (χ0) is 13.7. The van der Waals surface area contributed by atoms with Gasteiger partial charge in [0.2, 0.25) is 5.91 Å². The third-order valence-electron chi connectivity index (χ3n) is 2.67. The predicted molar refractivity (Wildman–Crippen MR) is 70.2 cm³/mol. The van der Waals surface area contributed by atoms with E-state index >= 15 is 0 Å². The van der Waals surface area contributed by atoms with Gasteiger partial charge in [-0.1, -0.05) is 0 Å². The fourth-order valence-electron chi connectivity index (χ4n) is 1.62. The second-order valence-electron chi connectivity index (χ2n) is 4.17. The molecule has 1 aromatic heterocycles. The van der Waals surface area contributed by atoms with Crippen molar-refractivity contribution in [2.45, 2.75) is 13.0 Å². The van der Waals surface area contributed by atoms with Gasteiger partial charge in [0.25, 0.3) is 0 Å². The van der Waals surface area contributed by atoms with Gasteiger partial charge in [0.1, 0.15) is 11.6 Å². The summed E-state index contributed by atoms with van der Waals surface area (Å²) < 4.78 is 17.9. The Morgan fingerprint density at radius 3 is 2.68 bits per heavy atom. The Morgan fingerprint density at radius 2 is 2.05 bits per heavy atom. The number of hydrogen-bond acceptors (Lipinski definition) is 3. The first-order chi connectivity index (χ1) is 9.15. The number of amides is 1. The highest BCUT2D eigenvalue weighted by Crippen LogP contribution is 2.12. The van der Waals surface area contributed by atoms with Crippen molar-refractivity contribution in [3.8, 4) is 0 Å². The normalized spacial score (nSPS) is 12.1. The van der Waals surface area contributed by atoms with Crippen LogP contribution in [0.15, 0.2) is 47.1 Å². The molecule has 0 saturated carbocycles. The highest BCUT2D eigenvalue weighted by atomic mass is 19.1. The van der Waals surface area contributed by atoms with Crippen LogP contribution in [-0.2, 0) is 4.79 Å². The minimum absolute atomic E-state index is 0.0473. The van der Waals surface area contributed by atoms with Crippen molar-refractivity contribution in [2.75, 3.05) is 11.9 Å². The van der Waals surface area contributed by atoms with Gasteiger partial charge in [-0.15, -0.1) is 0 Å². The smallest absolute Gasteiger partial charge is 0.238 e. The van der Waals surface area contributed by atoms with E-state index in [4.69, 9.17) is 4.42 Å². The molecule has 100 valence electrons. The number of carbonyl (C=O) groups excluding carboxylic acids is 1. The van der Waals surface area contributed by atoms with Gasteiger partial charge < -0.3 is 9.73 Å². The van der Waals surface area contributed by atoms with Gasteiger partial charge in [-0.2, -0.15) is 0 Å². The molecule has 4 nitrogen and oxygen atoms in total. The number of hydrogen-bond donors (Lipinski definition) is 2. The van der Waals surface area contributed by atoms with Gasteiger partial charge in [0, 0.05) is 5.69 Å². The first-order valence-corrected chi connectivity index (χ1v) is 5.97. The quantitative estimate of drug-likeness (QED) is 0.871. The SMILES string of the molecule is C[C@@H](NCC(=O)Nc1ccc(F)cc1)c1ccco1. The first-order valence-electron chi connectivity index (χ1n) is 5.97. The lowest BCUT2D eigenvalue weighted by Gasteiger charge is -2.11. The minimum atomic E-state index is -0.331. The van der Waals surface area contributed by atoms with E-state index in [1.165, 1.54) is 24.3 Å². The maximum Gasteiger partial charge on any atom is 0.238 e. The number of carbonyl (C=O) groups is 1. The summed E-state index contributed by atoms with van der Waals surface area (Å²) >= 11 is 0. The number of halogens is 1. The number of nitrogens with one attached hydrogen (secondary N) is 2. The molecule has 2 N–H and O–H groups in total. The molecule has 2 aromatic rings. The third kappa shape index (κ3) is 3.93. The van der Waals surface area contributed by atoms with Crippen LogP contribution in [0.2, 0.25) is 0 Å². The van der Waals surface area contributed by atoms with E-state index in [9.17, 15) is 9.18 Å². The summed E-state index contributed by atoms with van der Waals surface area (Å²) in [6.45, 7) is 2.06. The average Bonchev–Trinajstić information content (AvgIpc) is 2.93. The molecule has 0 spiro atoms. The topological polar surface area (TPSA) is 54.3 Å². The van der Waals surface area contributed by atoms with Crippen LogP contribution in [-0.4, -0.2) is 12.5 Å². The Morgan fingerprint density at radius 1 is 1.32 bits per heavy atom. The van der Waals surface area contributed by atoms with Gasteiger partial charge in [-0.25, -0.2) is 4.39 Å². The standard InChI is InChI=1S/C14H15FN2O2/c1-10(13-3-2-8-19-13)16-9-14(18)17-12-6-4-11(15)5-7-12/h2-8,10,16H,9H2,1H3,(H,17,18)/t10-/m1/s1. The van der Waals surface area contributed by atoms with Crippen LogP contribution in [0.1, 0.15) is 18.7 Å². The molecule has 1 heterocycles. The zero-order valence-corrected chi connectivity index (χ0v) is 10.5. The Bertz CT molecular complexity index is 523. The van der Waals surface area contributed by atoms with Gasteiger partial charge in [-0.05, 0) is 43.3 Å². The van der Waals surface area contributed by atoms with Crippen LogP contribution in [0, 0.1) is 5.82 Å². The first kappa shape index (κ1) is 13.3. The van der Waals surface area contributed by atoms with Crippen LogP contribution >= 0.6 is 0 Å². The van der Waals surface area contributed by atoms with E-state index in [0.717, 1.165) is 5.76 Å². The Hall–Kier alpha value is -2.14. The lowest BCUT2D eigenvalue weighted by molar-refractivity contribution is -0.115. The van der Waals surface area contributed by atoms with Crippen LogP contribution in [0.4, 0.5) is 10.1 Å². The average molecular weight is 262 g/mol. The summed E-state index contributed by atoms with van der Waals surface area (Å²) in [4.78, 5) is 11.7. The lowest BCUT2D eigenvalue weighted by atomic mass is 10.2. The molecule has 0 bridgehead atoms. The molecule has 0 radical (unpaired) electrons. The molecule has 0 aliphatic rings. The maximum absolute atomic E-state index is 12.7. The molecule has 1 amide bonds. The number of furan rings is 1. The van der Waals surface area contributed by atoms with Crippen molar-refractivity contribution in [1.29, 1.82) is 0 Å². The van der Waals surface area contributed by atoms with Crippen LogP contribution in [0.25, 0.3) is 0 Å². The molecule has 2 rings (SSSR count). The highest BCUT2D eigenvalue weighted by molar-refractivity contribution is 5.92. The van der Waals surface area contributed by atoms with E-state index in [1.807, 2.05) is 13.0 Å². The minimum Gasteiger partial charge on any atom is -0.468 e. The molecule has 0 aliphatic heterocycles. The highest BCUT2D eigenvalue weighted by Gasteiger charge is 2.09. The molecule has 1 aromatic carbocycles. The summed E-state index contributed by atoms with van der Waals surface area (Å²) in [5, 5.41) is 5.71. The summed E-state index contributed by atoms with van der Waals surface area (Å²) in [7, 11) is 0. The van der Waals surface area contributed by atoms with E-state index in [1.54, 1.807) is 12.3 Å². The monoisotopic (exact) mass is 262 g/mol. The van der Waals surface area contributed by atoms with Crippen LogP contribution in [0.5, 0.6) is 0 Å². The van der Waals surface area contributed by atoms with Crippen molar-refractivity contribution >= 4 is 11.6 Å². The molecule has 0 saturated heterocycles. The zero-order valence-electron chi connectivity index (χ0n) is 10.5. The number of rotatable bonds is 5. The molecule has 5 heteroatoms. The summed E-state index contributed by atoms with van der Waals surface area (Å²) in [6.07, 6.45) is 1.59. The molecule has 0 unspecified atom stereocenters. The predicted octanol–water partition coefficient (Wildman–Crippen LogP) is 2.71. The summed E-state index contributed by atoms with van der Waals surface area (Å²) in [6, 6.07) is 9.23. The molecule has 0 fully saturated rings. The van der Waals surface area contributed by atoms with Gasteiger partial charge in [0.05, 0.1) is 18.8 Å². The van der Waals surface area contributed by atoms with Crippen molar-refractivity contribution in [3.05, 3.63) is 54.2 Å². The summed E-state index contributed by atoms with van der Waals surface area (Å²) in [5.41, 5.74) is 0.568. The van der Waals surface area contributed by atoms with Crippen molar-refractivity contribution < 1.29 is 13.6 Å². The van der Waals surface area contributed by atoms with Crippen molar-refractivity contribution in [2.24, 2.45) is 0 Å². The maximum atomic E-state index is 12.7. The fourth-order valence-corrected chi connectivity index (χ4v) is 1.62. The van der Waals surface area contributed by atoms with Gasteiger partial charge in [-0.3, -0.25) is 10.1 Å². The van der Waals surface area contributed by atoms with Crippen LogP contribution < -0.4 is 10.6 Å².